The van der Waals surface area contributed by atoms with E-state index in [-0.39, 0.29) is 28.8 Å². The summed E-state index contributed by atoms with van der Waals surface area (Å²) in [7, 11) is 0. The topological polar surface area (TPSA) is 96.0 Å². The Kier molecular flexibility index (Phi) is 6.59. The number of hydrogen-bond donors (Lipinski definition) is 1. The molecular weight excluding hydrogens is 433 g/mol. The van der Waals surface area contributed by atoms with Crippen LogP contribution in [-0.4, -0.2) is 41.3 Å². The molecule has 30 heavy (non-hydrogen) atoms. The summed E-state index contributed by atoms with van der Waals surface area (Å²) in [4.78, 5) is 50.6. The average Bonchev–Trinajstić information content (AvgIpc) is 3.01. The summed E-state index contributed by atoms with van der Waals surface area (Å²) in [6, 6.07) is 11.7. The third-order valence-corrected chi connectivity index (χ3v) is 5.03. The van der Waals surface area contributed by atoms with E-state index < -0.39 is 29.7 Å². The average molecular weight is 450 g/mol. The van der Waals surface area contributed by atoms with Gasteiger partial charge in [0.2, 0.25) is 11.8 Å². The van der Waals surface area contributed by atoms with E-state index in [1.165, 1.54) is 25.1 Å². The van der Waals surface area contributed by atoms with Crippen LogP contribution < -0.4 is 15.1 Å². The Morgan fingerprint density at radius 3 is 2.47 bits per heavy atom. The molecule has 1 saturated heterocycles. The third kappa shape index (κ3) is 4.72. The van der Waals surface area contributed by atoms with Crippen LogP contribution in [0, 0.1) is 0 Å². The summed E-state index contributed by atoms with van der Waals surface area (Å²) < 4.78 is 5.33. The first-order chi connectivity index (χ1) is 14.3. The fraction of sp³-hybridized carbons (Fsp3) is 0.200. The first-order valence-electron chi connectivity index (χ1n) is 8.87. The minimum atomic E-state index is -1.19. The molecule has 0 saturated carbocycles. The van der Waals surface area contributed by atoms with Gasteiger partial charge in [0.1, 0.15) is 11.8 Å². The summed E-state index contributed by atoms with van der Waals surface area (Å²) in [5.74, 6) is -1.99. The molecule has 1 N–H and O–H groups in total. The number of benzene rings is 2. The van der Waals surface area contributed by atoms with Crippen LogP contribution in [0.15, 0.2) is 48.5 Å². The van der Waals surface area contributed by atoms with Crippen LogP contribution in [-0.2, 0) is 19.2 Å². The maximum Gasteiger partial charge on any atom is 0.276 e. The molecule has 3 rings (SSSR count). The number of hydrazine groups is 1. The zero-order valence-electron chi connectivity index (χ0n) is 15.8. The molecule has 4 amide bonds. The lowest BCUT2D eigenvalue weighted by molar-refractivity contribution is -0.146. The molecular formula is C20H17Cl2N3O5. The van der Waals surface area contributed by atoms with Crippen LogP contribution in [0.25, 0.3) is 0 Å². The molecule has 1 aliphatic heterocycles. The molecule has 156 valence electrons. The minimum absolute atomic E-state index is 0.174. The Labute approximate surface area is 182 Å². The minimum Gasteiger partial charge on any atom is -0.484 e. The summed E-state index contributed by atoms with van der Waals surface area (Å²) in [5.41, 5.74) is 2.57. The van der Waals surface area contributed by atoms with Crippen LogP contribution in [0.4, 0.5) is 5.69 Å². The monoisotopic (exact) mass is 449 g/mol. The molecule has 10 heteroatoms. The van der Waals surface area contributed by atoms with Crippen molar-refractivity contribution >= 4 is 52.5 Å². The highest BCUT2D eigenvalue weighted by Gasteiger charge is 2.44. The number of imide groups is 1. The van der Waals surface area contributed by atoms with Crippen molar-refractivity contribution in [3.8, 4) is 5.75 Å². The second kappa shape index (κ2) is 9.15. The molecule has 1 atom stereocenters. The van der Waals surface area contributed by atoms with Gasteiger partial charge in [-0.15, -0.1) is 0 Å². The largest absolute Gasteiger partial charge is 0.484 e. The maximum atomic E-state index is 12.9. The van der Waals surface area contributed by atoms with E-state index in [1.807, 2.05) is 0 Å². The van der Waals surface area contributed by atoms with Crippen molar-refractivity contribution in [2.45, 2.75) is 19.4 Å². The van der Waals surface area contributed by atoms with Crippen molar-refractivity contribution in [2.75, 3.05) is 11.5 Å². The van der Waals surface area contributed by atoms with Crippen molar-refractivity contribution in [1.29, 1.82) is 0 Å². The maximum absolute atomic E-state index is 12.9. The van der Waals surface area contributed by atoms with Gasteiger partial charge in [-0.25, -0.2) is 9.91 Å². The molecule has 2 aromatic rings. The number of nitrogens with one attached hydrogen (secondary N) is 1. The van der Waals surface area contributed by atoms with Crippen LogP contribution >= 0.6 is 23.2 Å². The van der Waals surface area contributed by atoms with E-state index in [1.54, 1.807) is 30.3 Å². The molecule has 1 fully saturated rings. The number of rotatable bonds is 5. The predicted octanol–water partition coefficient (Wildman–Crippen LogP) is 2.58. The van der Waals surface area contributed by atoms with Crippen LogP contribution in [0.3, 0.4) is 0 Å². The molecule has 0 spiro atoms. The second-order valence-corrected chi connectivity index (χ2v) is 7.23. The van der Waals surface area contributed by atoms with Crippen LogP contribution in [0.2, 0.25) is 10.0 Å². The molecule has 0 radical (unpaired) electrons. The van der Waals surface area contributed by atoms with Gasteiger partial charge >= 0.3 is 0 Å². The van der Waals surface area contributed by atoms with E-state index in [0.717, 1.165) is 9.91 Å². The number of hydrogen-bond acceptors (Lipinski definition) is 5. The zero-order chi connectivity index (χ0) is 21.8. The summed E-state index contributed by atoms with van der Waals surface area (Å²) in [6.45, 7) is 0.803. The van der Waals surface area contributed by atoms with E-state index >= 15 is 0 Å². The number of ether oxygens (including phenoxy) is 1. The number of para-hydroxylation sites is 1. The number of carbonyl (C=O) groups excluding carboxylic acids is 4. The summed E-state index contributed by atoms with van der Waals surface area (Å²) in [5, 5.41) is 1.29. The van der Waals surface area contributed by atoms with Gasteiger partial charge in [0.05, 0.1) is 22.2 Å². The standard InChI is InChI=1S/C20H17Cl2N3O5/c1-12(26)25(23-18(27)11-30-14-5-3-2-4-6-14)17-10-19(28)24(20(17)29)13-7-8-15(21)16(22)9-13/h2-9,17H,10-11H2,1H3,(H,23,27). The lowest BCUT2D eigenvalue weighted by atomic mass is 10.2. The normalized spacial score (nSPS) is 15.8. The van der Waals surface area contributed by atoms with Gasteiger partial charge in [-0.2, -0.15) is 0 Å². The number of nitrogens with zero attached hydrogens (tertiary/aromatic N) is 2. The Bertz CT molecular complexity index is 999. The Balaban J connectivity index is 1.72. The Morgan fingerprint density at radius 2 is 1.83 bits per heavy atom. The highest BCUT2D eigenvalue weighted by atomic mass is 35.5. The van der Waals surface area contributed by atoms with Crippen molar-refractivity contribution in [3.05, 3.63) is 58.6 Å². The third-order valence-electron chi connectivity index (χ3n) is 4.29. The number of amides is 4. The molecule has 1 heterocycles. The lowest BCUT2D eigenvalue weighted by Gasteiger charge is -2.26. The molecule has 1 aliphatic rings. The highest BCUT2D eigenvalue weighted by molar-refractivity contribution is 6.42. The van der Waals surface area contributed by atoms with Gasteiger partial charge in [-0.3, -0.25) is 24.6 Å². The zero-order valence-corrected chi connectivity index (χ0v) is 17.3. The van der Waals surface area contributed by atoms with Gasteiger partial charge in [-0.1, -0.05) is 41.4 Å². The number of carbonyl (C=O) groups is 4. The van der Waals surface area contributed by atoms with Gasteiger partial charge in [-0.05, 0) is 30.3 Å². The smallest absolute Gasteiger partial charge is 0.276 e. The predicted molar refractivity (Wildman–Crippen MR) is 110 cm³/mol. The second-order valence-electron chi connectivity index (χ2n) is 6.41. The number of halogens is 2. The summed E-state index contributed by atoms with van der Waals surface area (Å²) >= 11 is 11.9. The molecule has 0 bridgehead atoms. The summed E-state index contributed by atoms with van der Waals surface area (Å²) in [6.07, 6.45) is -0.293. The fourth-order valence-corrected chi connectivity index (χ4v) is 3.21. The number of anilines is 1. The molecule has 0 aromatic heterocycles. The quantitative estimate of drug-likeness (QED) is 0.558. The van der Waals surface area contributed by atoms with Crippen LogP contribution in [0.5, 0.6) is 5.75 Å². The van der Waals surface area contributed by atoms with Crippen molar-refractivity contribution in [2.24, 2.45) is 0 Å². The van der Waals surface area contributed by atoms with Crippen molar-refractivity contribution < 1.29 is 23.9 Å². The highest BCUT2D eigenvalue weighted by Crippen LogP contribution is 2.31. The molecule has 2 aromatic carbocycles. The van der Waals surface area contributed by atoms with Crippen molar-refractivity contribution in [3.63, 3.8) is 0 Å². The first-order valence-corrected chi connectivity index (χ1v) is 9.62. The fourth-order valence-electron chi connectivity index (χ4n) is 2.92. The van der Waals surface area contributed by atoms with E-state index in [2.05, 4.69) is 5.43 Å². The van der Waals surface area contributed by atoms with Gasteiger partial charge in [0, 0.05) is 6.92 Å². The van der Waals surface area contributed by atoms with Gasteiger partial charge < -0.3 is 4.74 Å². The van der Waals surface area contributed by atoms with Crippen LogP contribution in [0.1, 0.15) is 13.3 Å². The Hall–Kier alpha value is -3.10. The molecule has 1 unspecified atom stereocenters. The van der Waals surface area contributed by atoms with Gasteiger partial charge in [0.15, 0.2) is 6.61 Å². The van der Waals surface area contributed by atoms with E-state index in [0.29, 0.717) is 5.75 Å². The molecule has 8 nitrogen and oxygen atoms in total. The lowest BCUT2D eigenvalue weighted by Crippen LogP contribution is -2.54. The van der Waals surface area contributed by atoms with E-state index in [9.17, 15) is 19.2 Å². The first kappa shape index (κ1) is 21.6. The SMILES string of the molecule is CC(=O)N(NC(=O)COc1ccccc1)C1CC(=O)N(c2ccc(Cl)c(Cl)c2)C1=O. The van der Waals surface area contributed by atoms with E-state index in [4.69, 9.17) is 27.9 Å². The van der Waals surface area contributed by atoms with Gasteiger partial charge in [0.25, 0.3) is 11.8 Å². The molecule has 0 aliphatic carbocycles. The van der Waals surface area contributed by atoms with Crippen molar-refractivity contribution in [1.82, 2.24) is 10.4 Å². The Morgan fingerprint density at radius 1 is 1.13 bits per heavy atom.